The third-order valence-corrected chi connectivity index (χ3v) is 5.03. The topological polar surface area (TPSA) is 66.0 Å². The van der Waals surface area contributed by atoms with Crippen molar-refractivity contribution in [3.63, 3.8) is 0 Å². The van der Waals surface area contributed by atoms with Crippen molar-refractivity contribution >= 4 is 35.8 Å². The number of hydrogen-bond acceptors (Lipinski definition) is 3. The lowest BCUT2D eigenvalue weighted by molar-refractivity contribution is -0.130. The average Bonchev–Trinajstić information content (AvgIpc) is 2.64. The van der Waals surface area contributed by atoms with E-state index in [9.17, 15) is 4.79 Å². The number of hydrogen-bond donors (Lipinski definition) is 2. The van der Waals surface area contributed by atoms with Crippen molar-refractivity contribution in [2.75, 3.05) is 26.7 Å². The van der Waals surface area contributed by atoms with Gasteiger partial charge in [-0.15, -0.1) is 24.0 Å². The summed E-state index contributed by atoms with van der Waals surface area (Å²) in [5.74, 6) is 1.69. The highest BCUT2D eigenvalue weighted by molar-refractivity contribution is 14.0. The van der Waals surface area contributed by atoms with Gasteiger partial charge in [0.2, 0.25) is 5.91 Å². The van der Waals surface area contributed by atoms with Crippen molar-refractivity contribution < 1.29 is 9.53 Å². The van der Waals surface area contributed by atoms with Crippen molar-refractivity contribution in [3.05, 3.63) is 29.8 Å². The average molecular weight is 486 g/mol. The zero-order valence-corrected chi connectivity index (χ0v) is 18.8. The molecule has 3 rings (SSSR count). The highest BCUT2D eigenvalue weighted by Crippen LogP contribution is 2.39. The molecule has 2 N–H and O–H groups in total. The smallest absolute Gasteiger partial charge is 0.241 e. The molecule has 1 amide bonds. The lowest BCUT2D eigenvalue weighted by atomic mass is 9.90. The summed E-state index contributed by atoms with van der Waals surface area (Å²) in [6.07, 6.45) is 4.25. The summed E-state index contributed by atoms with van der Waals surface area (Å²) in [5.41, 5.74) is 0.867. The standard InChI is InChI=1S/C20H30N4O2.HI/c1-20(2)13-16(15-9-5-6-10-17(15)26-20)23-19(21-3)22-14-18(25)24-11-7-4-8-12-24;/h5-6,9-10,16H,4,7-8,11-14H2,1-3H3,(H2,21,22,23);1H. The number of carbonyl (C=O) groups is 1. The second-order valence-corrected chi connectivity index (χ2v) is 7.67. The van der Waals surface area contributed by atoms with Gasteiger partial charge in [0.1, 0.15) is 11.4 Å². The summed E-state index contributed by atoms with van der Waals surface area (Å²) < 4.78 is 6.08. The van der Waals surface area contributed by atoms with E-state index in [2.05, 4.69) is 35.5 Å². The van der Waals surface area contributed by atoms with Crippen molar-refractivity contribution in [3.8, 4) is 5.75 Å². The molecule has 7 heteroatoms. The molecule has 0 bridgehead atoms. The van der Waals surface area contributed by atoms with E-state index in [0.717, 1.165) is 43.7 Å². The van der Waals surface area contributed by atoms with Crippen molar-refractivity contribution in [2.24, 2.45) is 4.99 Å². The lowest BCUT2D eigenvalue weighted by Crippen LogP contribution is -2.48. The minimum Gasteiger partial charge on any atom is -0.487 e. The molecule has 1 atom stereocenters. The Morgan fingerprint density at radius 1 is 1.26 bits per heavy atom. The molecule has 0 saturated carbocycles. The van der Waals surface area contributed by atoms with Crippen molar-refractivity contribution in [1.29, 1.82) is 0 Å². The molecule has 0 aliphatic carbocycles. The third-order valence-electron chi connectivity index (χ3n) is 5.03. The van der Waals surface area contributed by atoms with Gasteiger partial charge in [-0.1, -0.05) is 18.2 Å². The number of piperidine rings is 1. The van der Waals surface area contributed by atoms with E-state index in [1.165, 1.54) is 6.42 Å². The van der Waals surface area contributed by atoms with Crippen LogP contribution in [0.3, 0.4) is 0 Å². The number of amides is 1. The van der Waals surface area contributed by atoms with Gasteiger partial charge in [0, 0.05) is 32.1 Å². The Labute approximate surface area is 179 Å². The molecule has 1 fully saturated rings. The van der Waals surface area contributed by atoms with E-state index < -0.39 is 0 Å². The fourth-order valence-electron chi connectivity index (χ4n) is 3.71. The Balaban J connectivity index is 0.00000261. The Bertz CT molecular complexity index is 672. The van der Waals surface area contributed by atoms with Crippen LogP contribution in [0.5, 0.6) is 5.75 Å². The molecule has 1 aromatic rings. The van der Waals surface area contributed by atoms with Crippen molar-refractivity contribution in [1.82, 2.24) is 15.5 Å². The first kappa shape index (κ1) is 21.8. The molecule has 2 heterocycles. The number of para-hydroxylation sites is 1. The van der Waals surface area contributed by atoms with Crippen LogP contribution in [-0.4, -0.2) is 49.0 Å². The van der Waals surface area contributed by atoms with Gasteiger partial charge < -0.3 is 20.3 Å². The molecule has 1 saturated heterocycles. The van der Waals surface area contributed by atoms with Gasteiger partial charge >= 0.3 is 0 Å². The first-order valence-corrected chi connectivity index (χ1v) is 9.51. The van der Waals surface area contributed by atoms with E-state index in [-0.39, 0.29) is 48.1 Å². The van der Waals surface area contributed by atoms with Crippen LogP contribution in [0.4, 0.5) is 0 Å². The molecular formula is C20H31IN4O2. The second-order valence-electron chi connectivity index (χ2n) is 7.67. The summed E-state index contributed by atoms with van der Waals surface area (Å²) in [4.78, 5) is 18.6. The summed E-state index contributed by atoms with van der Waals surface area (Å²) in [7, 11) is 1.73. The predicted molar refractivity (Wildman–Crippen MR) is 119 cm³/mol. The monoisotopic (exact) mass is 486 g/mol. The Morgan fingerprint density at radius 3 is 2.67 bits per heavy atom. The molecule has 0 radical (unpaired) electrons. The number of carbonyl (C=O) groups excluding carboxylic acids is 1. The maximum atomic E-state index is 12.4. The summed E-state index contributed by atoms with van der Waals surface area (Å²) in [6.45, 7) is 6.19. The molecule has 2 aliphatic rings. The highest BCUT2D eigenvalue weighted by atomic mass is 127. The summed E-state index contributed by atoms with van der Waals surface area (Å²) in [6, 6.07) is 8.17. The van der Waals surface area contributed by atoms with Crippen LogP contribution in [0.2, 0.25) is 0 Å². The molecule has 150 valence electrons. The molecule has 27 heavy (non-hydrogen) atoms. The van der Waals surface area contributed by atoms with Crippen LogP contribution in [0, 0.1) is 0 Å². The zero-order valence-electron chi connectivity index (χ0n) is 16.5. The molecular weight excluding hydrogens is 455 g/mol. The third kappa shape index (κ3) is 5.73. The number of rotatable bonds is 3. The number of guanidine groups is 1. The second kappa shape index (κ2) is 9.61. The van der Waals surface area contributed by atoms with Crippen molar-refractivity contribution in [2.45, 2.75) is 51.2 Å². The number of halogens is 1. The normalized spacial score (nSPS) is 21.4. The first-order valence-electron chi connectivity index (χ1n) is 9.51. The van der Waals surface area contributed by atoms with Crippen LogP contribution in [-0.2, 0) is 4.79 Å². The van der Waals surface area contributed by atoms with E-state index in [0.29, 0.717) is 5.96 Å². The SMILES string of the molecule is CN=C(NCC(=O)N1CCCCC1)NC1CC(C)(C)Oc2ccccc21.I. The largest absolute Gasteiger partial charge is 0.487 e. The van der Waals surface area contributed by atoms with Gasteiger partial charge in [-0.25, -0.2) is 0 Å². The Kier molecular flexibility index (Phi) is 7.76. The van der Waals surface area contributed by atoms with Crippen LogP contribution in [0.1, 0.15) is 51.1 Å². The molecule has 1 unspecified atom stereocenters. The van der Waals surface area contributed by atoms with Crippen LogP contribution < -0.4 is 15.4 Å². The summed E-state index contributed by atoms with van der Waals surface area (Å²) >= 11 is 0. The maximum absolute atomic E-state index is 12.4. The number of aliphatic imine (C=N–C) groups is 1. The molecule has 6 nitrogen and oxygen atoms in total. The van der Waals surface area contributed by atoms with Gasteiger partial charge in [-0.2, -0.15) is 0 Å². The van der Waals surface area contributed by atoms with E-state index >= 15 is 0 Å². The van der Waals surface area contributed by atoms with Gasteiger partial charge in [-0.05, 0) is 39.2 Å². The molecule has 2 aliphatic heterocycles. The van der Waals surface area contributed by atoms with Gasteiger partial charge in [-0.3, -0.25) is 9.79 Å². The fraction of sp³-hybridized carbons (Fsp3) is 0.600. The number of likely N-dealkylation sites (tertiary alicyclic amines) is 1. The van der Waals surface area contributed by atoms with Gasteiger partial charge in [0.25, 0.3) is 0 Å². The quantitative estimate of drug-likeness (QED) is 0.392. The Morgan fingerprint density at radius 2 is 1.96 bits per heavy atom. The minimum absolute atomic E-state index is 0. The van der Waals surface area contributed by atoms with Gasteiger partial charge in [0.05, 0.1) is 12.6 Å². The lowest BCUT2D eigenvalue weighted by Gasteiger charge is -2.38. The molecule has 1 aromatic carbocycles. The van der Waals surface area contributed by atoms with E-state index in [1.54, 1.807) is 7.05 Å². The molecule has 0 spiro atoms. The van der Waals surface area contributed by atoms with E-state index in [4.69, 9.17) is 4.74 Å². The van der Waals surface area contributed by atoms with E-state index in [1.807, 2.05) is 23.1 Å². The van der Waals surface area contributed by atoms with Crippen LogP contribution in [0.15, 0.2) is 29.3 Å². The maximum Gasteiger partial charge on any atom is 0.241 e. The Hall–Kier alpha value is -1.51. The summed E-state index contributed by atoms with van der Waals surface area (Å²) in [5, 5.41) is 6.64. The zero-order chi connectivity index (χ0) is 18.6. The number of benzene rings is 1. The number of nitrogens with one attached hydrogen (secondary N) is 2. The van der Waals surface area contributed by atoms with Crippen LogP contribution >= 0.6 is 24.0 Å². The number of nitrogens with zero attached hydrogens (tertiary/aromatic N) is 2. The minimum atomic E-state index is -0.255. The fourth-order valence-corrected chi connectivity index (χ4v) is 3.71. The first-order chi connectivity index (χ1) is 12.5. The predicted octanol–water partition coefficient (Wildman–Crippen LogP) is 3.08. The van der Waals surface area contributed by atoms with Gasteiger partial charge in [0.15, 0.2) is 5.96 Å². The number of ether oxygens (including phenoxy) is 1. The highest BCUT2D eigenvalue weighted by Gasteiger charge is 2.34. The van der Waals surface area contributed by atoms with Crippen LogP contribution in [0.25, 0.3) is 0 Å². The molecule has 0 aromatic heterocycles. The number of fused-ring (bicyclic) bond motifs is 1.